The van der Waals surface area contributed by atoms with Crippen LogP contribution in [0.5, 0.6) is 5.88 Å². The van der Waals surface area contributed by atoms with Crippen LogP contribution in [0.4, 0.5) is 11.5 Å². The summed E-state index contributed by atoms with van der Waals surface area (Å²) < 4.78 is 10.7. The van der Waals surface area contributed by atoms with E-state index in [9.17, 15) is 0 Å². The molecule has 19 heavy (non-hydrogen) atoms. The number of nitrogens with zero attached hydrogens (tertiary/aromatic N) is 2. The number of pyridine rings is 1. The second-order valence-electron chi connectivity index (χ2n) is 5.14. The zero-order valence-electron chi connectivity index (χ0n) is 11.3. The first-order valence-corrected chi connectivity index (χ1v) is 6.03. The van der Waals surface area contributed by atoms with Crippen molar-refractivity contribution in [2.45, 2.75) is 32.9 Å². The van der Waals surface area contributed by atoms with E-state index in [1.807, 2.05) is 20.8 Å². The maximum atomic E-state index is 5.84. The SMILES string of the molecule is CC(C)(C)Oc1nc(NCc2ccno2)ccc1N. The van der Waals surface area contributed by atoms with Crippen LogP contribution in [0.2, 0.25) is 0 Å². The Bertz CT molecular complexity index is 532. The van der Waals surface area contributed by atoms with Gasteiger partial charge in [-0.15, -0.1) is 0 Å². The van der Waals surface area contributed by atoms with E-state index in [0.717, 1.165) is 5.76 Å². The van der Waals surface area contributed by atoms with E-state index < -0.39 is 0 Å². The number of ether oxygens (including phenoxy) is 1. The fourth-order valence-electron chi connectivity index (χ4n) is 1.43. The van der Waals surface area contributed by atoms with Crippen LogP contribution in [0.3, 0.4) is 0 Å². The summed E-state index contributed by atoms with van der Waals surface area (Å²) in [4.78, 5) is 4.34. The minimum absolute atomic E-state index is 0.343. The van der Waals surface area contributed by atoms with Crippen molar-refractivity contribution in [1.82, 2.24) is 10.1 Å². The number of aromatic nitrogens is 2. The lowest BCUT2D eigenvalue weighted by atomic mass is 10.2. The van der Waals surface area contributed by atoms with Crippen LogP contribution in [-0.2, 0) is 6.54 Å². The molecule has 2 aromatic rings. The molecule has 0 atom stereocenters. The Hall–Kier alpha value is -2.24. The summed E-state index contributed by atoms with van der Waals surface area (Å²) in [7, 11) is 0. The van der Waals surface area contributed by atoms with Gasteiger partial charge in [0, 0.05) is 6.07 Å². The maximum absolute atomic E-state index is 5.84. The molecule has 6 heteroatoms. The lowest BCUT2D eigenvalue weighted by molar-refractivity contribution is 0.125. The molecule has 102 valence electrons. The Kier molecular flexibility index (Phi) is 3.59. The largest absolute Gasteiger partial charge is 0.470 e. The van der Waals surface area contributed by atoms with Crippen LogP contribution in [-0.4, -0.2) is 15.7 Å². The first-order chi connectivity index (χ1) is 8.94. The van der Waals surface area contributed by atoms with Gasteiger partial charge in [0.1, 0.15) is 11.4 Å². The van der Waals surface area contributed by atoms with Gasteiger partial charge in [0.25, 0.3) is 0 Å². The summed E-state index contributed by atoms with van der Waals surface area (Å²) in [5.41, 5.74) is 6.02. The number of nitrogens with one attached hydrogen (secondary N) is 1. The van der Waals surface area contributed by atoms with E-state index in [1.54, 1.807) is 24.4 Å². The first kappa shape index (κ1) is 13.2. The average molecular weight is 262 g/mol. The van der Waals surface area contributed by atoms with E-state index in [0.29, 0.717) is 23.9 Å². The molecular weight excluding hydrogens is 244 g/mol. The fourth-order valence-corrected chi connectivity index (χ4v) is 1.43. The summed E-state index contributed by atoms with van der Waals surface area (Å²) in [6.45, 7) is 6.35. The average Bonchev–Trinajstić information content (AvgIpc) is 2.81. The zero-order chi connectivity index (χ0) is 13.9. The topological polar surface area (TPSA) is 86.2 Å². The van der Waals surface area contributed by atoms with Crippen molar-refractivity contribution in [2.24, 2.45) is 0 Å². The van der Waals surface area contributed by atoms with Crippen molar-refractivity contribution in [2.75, 3.05) is 11.1 Å². The number of rotatable bonds is 4. The van der Waals surface area contributed by atoms with Gasteiger partial charge in [-0.25, -0.2) is 0 Å². The Morgan fingerprint density at radius 3 is 2.74 bits per heavy atom. The summed E-state index contributed by atoms with van der Waals surface area (Å²) in [5.74, 6) is 1.83. The van der Waals surface area contributed by atoms with Crippen LogP contribution < -0.4 is 15.8 Å². The number of anilines is 2. The van der Waals surface area contributed by atoms with E-state index >= 15 is 0 Å². The third-order valence-corrected chi connectivity index (χ3v) is 2.23. The van der Waals surface area contributed by atoms with Gasteiger partial charge < -0.3 is 20.3 Å². The predicted molar refractivity (Wildman–Crippen MR) is 72.9 cm³/mol. The highest BCUT2D eigenvalue weighted by atomic mass is 16.5. The molecule has 0 aromatic carbocycles. The minimum atomic E-state index is -0.343. The van der Waals surface area contributed by atoms with Crippen molar-refractivity contribution in [3.05, 3.63) is 30.2 Å². The van der Waals surface area contributed by atoms with Gasteiger partial charge in [0.05, 0.1) is 18.4 Å². The zero-order valence-corrected chi connectivity index (χ0v) is 11.3. The van der Waals surface area contributed by atoms with Crippen molar-refractivity contribution in [3.63, 3.8) is 0 Å². The number of hydrogen-bond donors (Lipinski definition) is 2. The monoisotopic (exact) mass is 262 g/mol. The number of hydrogen-bond acceptors (Lipinski definition) is 6. The molecule has 0 saturated carbocycles. The lowest BCUT2D eigenvalue weighted by Gasteiger charge is -2.21. The molecule has 0 amide bonds. The molecule has 2 heterocycles. The molecule has 3 N–H and O–H groups in total. The van der Waals surface area contributed by atoms with E-state index in [-0.39, 0.29) is 5.60 Å². The quantitative estimate of drug-likeness (QED) is 0.880. The molecule has 0 unspecified atom stereocenters. The summed E-state index contributed by atoms with van der Waals surface area (Å²) in [6.07, 6.45) is 1.60. The summed E-state index contributed by atoms with van der Waals surface area (Å²) in [6, 6.07) is 5.34. The molecule has 0 radical (unpaired) electrons. The van der Waals surface area contributed by atoms with Crippen LogP contribution >= 0.6 is 0 Å². The first-order valence-electron chi connectivity index (χ1n) is 6.03. The molecule has 0 aliphatic rings. The van der Waals surface area contributed by atoms with Gasteiger partial charge in [0.2, 0.25) is 5.88 Å². The standard InChI is InChI=1S/C13H18N4O2/c1-13(2,3)18-12-10(14)4-5-11(17-12)15-8-9-6-7-16-19-9/h4-7H,8,14H2,1-3H3,(H,15,17). The molecule has 2 aromatic heterocycles. The Morgan fingerprint density at radius 2 is 2.11 bits per heavy atom. The molecule has 0 bridgehead atoms. The minimum Gasteiger partial charge on any atom is -0.470 e. The molecule has 6 nitrogen and oxygen atoms in total. The van der Waals surface area contributed by atoms with E-state index in [1.165, 1.54) is 0 Å². The van der Waals surface area contributed by atoms with Gasteiger partial charge in [0.15, 0.2) is 5.76 Å². The fraction of sp³-hybridized carbons (Fsp3) is 0.385. The van der Waals surface area contributed by atoms with Crippen LogP contribution in [0.25, 0.3) is 0 Å². The van der Waals surface area contributed by atoms with Gasteiger partial charge in [-0.3, -0.25) is 0 Å². The maximum Gasteiger partial charge on any atom is 0.239 e. The Morgan fingerprint density at radius 1 is 1.32 bits per heavy atom. The van der Waals surface area contributed by atoms with Crippen molar-refractivity contribution in [1.29, 1.82) is 0 Å². The second-order valence-corrected chi connectivity index (χ2v) is 5.14. The molecular formula is C13H18N4O2. The van der Waals surface area contributed by atoms with E-state index in [4.69, 9.17) is 15.0 Å². The Balaban J connectivity index is 2.07. The third-order valence-electron chi connectivity index (χ3n) is 2.23. The van der Waals surface area contributed by atoms with Gasteiger partial charge in [-0.2, -0.15) is 4.98 Å². The summed E-state index contributed by atoms with van der Waals surface area (Å²) in [5, 5.41) is 6.75. The predicted octanol–water partition coefficient (Wildman–Crippen LogP) is 2.44. The van der Waals surface area contributed by atoms with Crippen LogP contribution in [0.15, 0.2) is 28.9 Å². The van der Waals surface area contributed by atoms with Crippen molar-refractivity contribution in [3.8, 4) is 5.88 Å². The molecule has 2 rings (SSSR count). The van der Waals surface area contributed by atoms with Crippen LogP contribution in [0.1, 0.15) is 26.5 Å². The van der Waals surface area contributed by atoms with Crippen LogP contribution in [0, 0.1) is 0 Å². The molecule has 0 fully saturated rings. The van der Waals surface area contributed by atoms with Gasteiger partial charge >= 0.3 is 0 Å². The molecule has 0 aliphatic carbocycles. The van der Waals surface area contributed by atoms with Crippen molar-refractivity contribution >= 4 is 11.5 Å². The second kappa shape index (κ2) is 5.17. The molecule has 0 aliphatic heterocycles. The number of nitrogens with two attached hydrogens (primary N) is 1. The highest BCUT2D eigenvalue weighted by Crippen LogP contribution is 2.25. The molecule has 0 spiro atoms. The highest BCUT2D eigenvalue weighted by molar-refractivity contribution is 5.53. The van der Waals surface area contributed by atoms with Gasteiger partial charge in [-0.1, -0.05) is 5.16 Å². The van der Waals surface area contributed by atoms with E-state index in [2.05, 4.69) is 15.5 Å². The third kappa shape index (κ3) is 3.87. The number of nitrogen functional groups attached to an aromatic ring is 1. The van der Waals surface area contributed by atoms with Gasteiger partial charge in [-0.05, 0) is 32.9 Å². The highest BCUT2D eigenvalue weighted by Gasteiger charge is 2.15. The van der Waals surface area contributed by atoms with Crippen molar-refractivity contribution < 1.29 is 9.26 Å². The lowest BCUT2D eigenvalue weighted by Crippen LogP contribution is -2.24. The smallest absolute Gasteiger partial charge is 0.239 e. The Labute approximate surface area is 112 Å². The summed E-state index contributed by atoms with van der Waals surface area (Å²) >= 11 is 0. The molecule has 0 saturated heterocycles. The normalized spacial score (nSPS) is 11.3.